The minimum atomic E-state index is 0.209. The lowest BCUT2D eigenvalue weighted by Crippen LogP contribution is -1.99. The molecule has 0 N–H and O–H groups in total. The molecule has 0 aliphatic heterocycles. The third-order valence-corrected chi connectivity index (χ3v) is 2.56. The molecule has 1 aliphatic carbocycles. The van der Waals surface area contributed by atoms with Crippen molar-refractivity contribution in [1.82, 2.24) is 0 Å². The van der Waals surface area contributed by atoms with Gasteiger partial charge in [-0.05, 0) is 33.1 Å². The van der Waals surface area contributed by atoms with E-state index in [1.54, 1.807) is 0 Å². The first-order valence-electron chi connectivity index (χ1n) is 4.54. The van der Waals surface area contributed by atoms with E-state index >= 15 is 0 Å². The molecule has 0 aromatic carbocycles. The highest BCUT2D eigenvalue weighted by Gasteiger charge is 2.20. The quantitative estimate of drug-likeness (QED) is 0.463. The summed E-state index contributed by atoms with van der Waals surface area (Å²) in [4.78, 5) is 10.7. The van der Waals surface area contributed by atoms with Crippen LogP contribution in [0.25, 0.3) is 0 Å². The largest absolute Gasteiger partial charge is 0.303 e. The summed E-state index contributed by atoms with van der Waals surface area (Å²) in [5.41, 5.74) is 2.77. The minimum absolute atomic E-state index is 0.209. The molecule has 66 valence electrons. The molecule has 0 fully saturated rings. The molecule has 1 rings (SSSR count). The van der Waals surface area contributed by atoms with Gasteiger partial charge >= 0.3 is 0 Å². The van der Waals surface area contributed by atoms with E-state index in [-0.39, 0.29) is 5.92 Å². The van der Waals surface area contributed by atoms with Gasteiger partial charge in [-0.2, -0.15) is 0 Å². The zero-order valence-electron chi connectivity index (χ0n) is 7.84. The number of hydrogen-bond donors (Lipinski definition) is 0. The van der Waals surface area contributed by atoms with Crippen molar-refractivity contribution in [2.24, 2.45) is 5.92 Å². The molecule has 1 aliphatic rings. The van der Waals surface area contributed by atoms with Crippen molar-refractivity contribution in [3.05, 3.63) is 23.3 Å². The molecular weight excluding hydrogens is 148 g/mol. The molecule has 1 heteroatoms. The van der Waals surface area contributed by atoms with Gasteiger partial charge in [0.25, 0.3) is 0 Å². The van der Waals surface area contributed by atoms with Crippen LogP contribution in [0.4, 0.5) is 0 Å². The van der Waals surface area contributed by atoms with E-state index < -0.39 is 0 Å². The molecule has 0 saturated carbocycles. The standard InChI is InChI=1S/C11H16O/c1-3-4-5-11-9(2)6-7-10(11)8-12/h3-4,8,10H,5-7H2,1-2H3/b4-3-. The van der Waals surface area contributed by atoms with Crippen LogP contribution in [0.1, 0.15) is 33.1 Å². The summed E-state index contributed by atoms with van der Waals surface area (Å²) in [6.07, 6.45) is 8.36. The van der Waals surface area contributed by atoms with Crippen molar-refractivity contribution in [3.8, 4) is 0 Å². The second kappa shape index (κ2) is 4.24. The van der Waals surface area contributed by atoms with Crippen LogP contribution in [0.3, 0.4) is 0 Å². The van der Waals surface area contributed by atoms with Gasteiger partial charge in [0.15, 0.2) is 0 Å². The zero-order valence-corrected chi connectivity index (χ0v) is 7.84. The van der Waals surface area contributed by atoms with Crippen LogP contribution in [0, 0.1) is 5.92 Å². The smallest absolute Gasteiger partial charge is 0.127 e. The highest BCUT2D eigenvalue weighted by Crippen LogP contribution is 2.32. The van der Waals surface area contributed by atoms with Gasteiger partial charge in [-0.1, -0.05) is 23.3 Å². The summed E-state index contributed by atoms with van der Waals surface area (Å²) in [5.74, 6) is 0.209. The average Bonchev–Trinajstić information content (AvgIpc) is 2.43. The van der Waals surface area contributed by atoms with E-state index in [4.69, 9.17) is 0 Å². The molecule has 12 heavy (non-hydrogen) atoms. The van der Waals surface area contributed by atoms with Crippen LogP contribution in [-0.4, -0.2) is 6.29 Å². The van der Waals surface area contributed by atoms with Gasteiger partial charge in [0.1, 0.15) is 6.29 Å². The minimum Gasteiger partial charge on any atom is -0.303 e. The zero-order chi connectivity index (χ0) is 8.97. The summed E-state index contributed by atoms with van der Waals surface area (Å²) >= 11 is 0. The molecular formula is C11H16O. The van der Waals surface area contributed by atoms with Crippen LogP contribution in [-0.2, 0) is 4.79 Å². The monoisotopic (exact) mass is 164 g/mol. The van der Waals surface area contributed by atoms with Crippen molar-refractivity contribution in [3.63, 3.8) is 0 Å². The van der Waals surface area contributed by atoms with E-state index in [1.807, 2.05) is 13.0 Å². The topological polar surface area (TPSA) is 17.1 Å². The molecule has 1 unspecified atom stereocenters. The number of rotatable bonds is 3. The first-order chi connectivity index (χ1) is 5.79. The fraction of sp³-hybridized carbons (Fsp3) is 0.545. The van der Waals surface area contributed by atoms with Gasteiger partial charge in [-0.25, -0.2) is 0 Å². The molecule has 0 amide bonds. The second-order valence-corrected chi connectivity index (χ2v) is 3.36. The Hall–Kier alpha value is -0.850. The number of carbonyl (C=O) groups is 1. The van der Waals surface area contributed by atoms with Gasteiger partial charge < -0.3 is 4.79 Å². The lowest BCUT2D eigenvalue weighted by Gasteiger charge is -2.05. The third-order valence-electron chi connectivity index (χ3n) is 2.56. The molecule has 0 spiro atoms. The first kappa shape index (κ1) is 9.24. The van der Waals surface area contributed by atoms with E-state index in [0.717, 1.165) is 25.5 Å². The SMILES string of the molecule is C/C=C\CC1=C(C)CCC1C=O. The van der Waals surface area contributed by atoms with Crippen molar-refractivity contribution in [1.29, 1.82) is 0 Å². The Bertz CT molecular complexity index is 223. The Balaban J connectivity index is 2.68. The van der Waals surface area contributed by atoms with Gasteiger partial charge in [0.05, 0.1) is 0 Å². The van der Waals surface area contributed by atoms with Gasteiger partial charge in [-0.15, -0.1) is 0 Å². The van der Waals surface area contributed by atoms with Gasteiger partial charge in [0, 0.05) is 5.92 Å². The molecule has 0 radical (unpaired) electrons. The van der Waals surface area contributed by atoms with Crippen LogP contribution in [0.15, 0.2) is 23.3 Å². The number of aldehydes is 1. The van der Waals surface area contributed by atoms with Crippen molar-refractivity contribution in [2.75, 3.05) is 0 Å². The first-order valence-corrected chi connectivity index (χ1v) is 4.54. The van der Waals surface area contributed by atoms with Gasteiger partial charge in [0.2, 0.25) is 0 Å². The maximum absolute atomic E-state index is 10.7. The van der Waals surface area contributed by atoms with Crippen LogP contribution in [0.2, 0.25) is 0 Å². The Morgan fingerprint density at radius 1 is 1.58 bits per heavy atom. The molecule has 1 atom stereocenters. The van der Waals surface area contributed by atoms with Crippen molar-refractivity contribution < 1.29 is 4.79 Å². The summed E-state index contributed by atoms with van der Waals surface area (Å²) in [6, 6.07) is 0. The molecule has 0 aromatic heterocycles. The predicted octanol–water partition coefficient (Wildman–Crippen LogP) is 2.88. The molecule has 1 nitrogen and oxygen atoms in total. The summed E-state index contributed by atoms with van der Waals surface area (Å²) < 4.78 is 0. The Labute approximate surface area is 74.2 Å². The van der Waals surface area contributed by atoms with E-state index in [0.29, 0.717) is 0 Å². The highest BCUT2D eigenvalue weighted by molar-refractivity contribution is 5.61. The number of allylic oxidation sites excluding steroid dienone is 4. The van der Waals surface area contributed by atoms with E-state index in [2.05, 4.69) is 13.0 Å². The van der Waals surface area contributed by atoms with Crippen LogP contribution < -0.4 is 0 Å². The fourth-order valence-electron chi connectivity index (χ4n) is 1.74. The third kappa shape index (κ3) is 1.84. The van der Waals surface area contributed by atoms with Crippen molar-refractivity contribution in [2.45, 2.75) is 33.1 Å². The summed E-state index contributed by atoms with van der Waals surface area (Å²) in [6.45, 7) is 4.16. The van der Waals surface area contributed by atoms with Crippen LogP contribution in [0.5, 0.6) is 0 Å². The van der Waals surface area contributed by atoms with Gasteiger partial charge in [-0.3, -0.25) is 0 Å². The number of hydrogen-bond acceptors (Lipinski definition) is 1. The maximum atomic E-state index is 10.7. The lowest BCUT2D eigenvalue weighted by molar-refractivity contribution is -0.110. The van der Waals surface area contributed by atoms with E-state index in [1.165, 1.54) is 11.1 Å². The van der Waals surface area contributed by atoms with Crippen LogP contribution >= 0.6 is 0 Å². The second-order valence-electron chi connectivity index (χ2n) is 3.36. The predicted molar refractivity (Wildman–Crippen MR) is 50.9 cm³/mol. The fourth-order valence-corrected chi connectivity index (χ4v) is 1.74. The molecule has 0 saturated heterocycles. The lowest BCUT2D eigenvalue weighted by atomic mass is 9.99. The Morgan fingerprint density at radius 3 is 2.92 bits per heavy atom. The van der Waals surface area contributed by atoms with Crippen molar-refractivity contribution >= 4 is 6.29 Å². The summed E-state index contributed by atoms with van der Waals surface area (Å²) in [5, 5.41) is 0. The molecule has 0 aromatic rings. The normalized spacial score (nSPS) is 24.0. The maximum Gasteiger partial charge on any atom is 0.127 e. The summed E-state index contributed by atoms with van der Waals surface area (Å²) in [7, 11) is 0. The highest BCUT2D eigenvalue weighted by atomic mass is 16.1. The van der Waals surface area contributed by atoms with E-state index in [9.17, 15) is 4.79 Å². The average molecular weight is 164 g/mol. The molecule has 0 heterocycles. The number of carbonyl (C=O) groups excluding carboxylic acids is 1. The Kier molecular flexibility index (Phi) is 3.27. The molecule has 0 bridgehead atoms. The Morgan fingerprint density at radius 2 is 2.33 bits per heavy atom.